The van der Waals surface area contributed by atoms with E-state index >= 15 is 0 Å². The molecule has 0 spiro atoms. The van der Waals surface area contributed by atoms with Crippen LogP contribution in [0, 0.1) is 0 Å². The van der Waals surface area contributed by atoms with E-state index in [9.17, 15) is 14.4 Å². The Morgan fingerprint density at radius 2 is 1.57 bits per heavy atom. The number of amides is 1. The Kier molecular flexibility index (Phi) is 6.31. The number of rotatable bonds is 5. The quantitative estimate of drug-likeness (QED) is 0.593. The number of Topliss-reactive ketones (excluding diaryl/α,β-unsaturated/α-hetero) is 1. The molecule has 0 fully saturated rings. The third-order valence-electron chi connectivity index (χ3n) is 2.42. The number of carbonyl (C=O) groups excluding carboxylic acids is 3. The number of ketones is 1. The van der Waals surface area contributed by atoms with E-state index in [4.69, 9.17) is 16.2 Å². The Morgan fingerprint density at radius 3 is 1.90 bits per heavy atom. The predicted octanol–water partition coefficient (Wildman–Crippen LogP) is -0.314. The molecule has 1 amide bonds. The van der Waals surface area contributed by atoms with E-state index in [2.05, 4.69) is 10.1 Å². The van der Waals surface area contributed by atoms with Gasteiger partial charge in [-0.1, -0.05) is 0 Å². The van der Waals surface area contributed by atoms with Crippen molar-refractivity contribution in [2.24, 2.45) is 11.5 Å². The van der Waals surface area contributed by atoms with Crippen LogP contribution in [0.15, 0.2) is 0 Å². The van der Waals surface area contributed by atoms with Gasteiger partial charge in [-0.05, 0) is 34.6 Å². The molecule has 0 aromatic heterocycles. The lowest BCUT2D eigenvalue weighted by Crippen LogP contribution is -2.62. The van der Waals surface area contributed by atoms with Gasteiger partial charge in [0.1, 0.15) is 17.7 Å². The van der Waals surface area contributed by atoms with Crippen molar-refractivity contribution in [3.05, 3.63) is 0 Å². The SMILES string of the molecule is COC(=O)C(N)C(NC(=O)OC(C)(C)C)C(=O)C(C)(C)N. The van der Waals surface area contributed by atoms with Gasteiger partial charge in [-0.2, -0.15) is 0 Å². The van der Waals surface area contributed by atoms with E-state index in [1.54, 1.807) is 20.8 Å². The molecule has 0 aliphatic heterocycles. The Labute approximate surface area is 124 Å². The van der Waals surface area contributed by atoms with Gasteiger partial charge in [-0.15, -0.1) is 0 Å². The maximum atomic E-state index is 12.2. The van der Waals surface area contributed by atoms with E-state index < -0.39 is 41.1 Å². The number of nitrogens with one attached hydrogen (secondary N) is 1. The molecule has 21 heavy (non-hydrogen) atoms. The lowest BCUT2D eigenvalue weighted by atomic mass is 9.90. The van der Waals surface area contributed by atoms with Crippen molar-refractivity contribution < 1.29 is 23.9 Å². The fourth-order valence-electron chi connectivity index (χ4n) is 1.43. The molecule has 5 N–H and O–H groups in total. The van der Waals surface area contributed by atoms with Crippen molar-refractivity contribution in [1.29, 1.82) is 0 Å². The molecular weight excluding hydrogens is 278 g/mol. The van der Waals surface area contributed by atoms with Crippen molar-refractivity contribution in [3.8, 4) is 0 Å². The molecule has 0 aliphatic rings. The summed E-state index contributed by atoms with van der Waals surface area (Å²) in [6.45, 7) is 7.88. The lowest BCUT2D eigenvalue weighted by Gasteiger charge is -2.29. The van der Waals surface area contributed by atoms with Crippen molar-refractivity contribution >= 4 is 17.8 Å². The summed E-state index contributed by atoms with van der Waals surface area (Å²) in [5.74, 6) is -1.44. The van der Waals surface area contributed by atoms with Crippen molar-refractivity contribution in [1.82, 2.24) is 5.32 Å². The predicted molar refractivity (Wildman–Crippen MR) is 76.4 cm³/mol. The van der Waals surface area contributed by atoms with Crippen LogP contribution >= 0.6 is 0 Å². The Balaban J connectivity index is 5.20. The highest BCUT2D eigenvalue weighted by Crippen LogP contribution is 2.10. The second-order valence-corrected chi connectivity index (χ2v) is 6.26. The van der Waals surface area contributed by atoms with E-state index in [1.807, 2.05) is 0 Å². The summed E-state index contributed by atoms with van der Waals surface area (Å²) < 4.78 is 9.53. The van der Waals surface area contributed by atoms with Gasteiger partial charge in [0.25, 0.3) is 0 Å². The van der Waals surface area contributed by atoms with Gasteiger partial charge >= 0.3 is 12.1 Å². The third-order valence-corrected chi connectivity index (χ3v) is 2.42. The van der Waals surface area contributed by atoms with Gasteiger partial charge in [0.15, 0.2) is 5.78 Å². The van der Waals surface area contributed by atoms with Crippen LogP contribution in [-0.2, 0) is 19.1 Å². The highest BCUT2D eigenvalue weighted by atomic mass is 16.6. The number of esters is 1. The molecule has 2 atom stereocenters. The molecule has 0 saturated carbocycles. The first-order valence-electron chi connectivity index (χ1n) is 6.45. The van der Waals surface area contributed by atoms with Gasteiger partial charge in [0, 0.05) is 0 Å². The summed E-state index contributed by atoms with van der Waals surface area (Å²) in [6, 6.07) is -2.72. The highest BCUT2D eigenvalue weighted by molar-refractivity contribution is 5.98. The number of hydrogen-bond donors (Lipinski definition) is 3. The van der Waals surface area contributed by atoms with Crippen LogP contribution in [0.5, 0.6) is 0 Å². The van der Waals surface area contributed by atoms with Crippen LogP contribution < -0.4 is 16.8 Å². The molecule has 0 radical (unpaired) electrons. The highest BCUT2D eigenvalue weighted by Gasteiger charge is 2.39. The topological polar surface area (TPSA) is 134 Å². The fraction of sp³-hybridized carbons (Fsp3) is 0.769. The van der Waals surface area contributed by atoms with E-state index in [0.29, 0.717) is 0 Å². The van der Waals surface area contributed by atoms with Crippen LogP contribution in [0.2, 0.25) is 0 Å². The summed E-state index contributed by atoms with van der Waals surface area (Å²) in [5, 5.41) is 2.28. The van der Waals surface area contributed by atoms with Gasteiger partial charge < -0.3 is 26.3 Å². The fourth-order valence-corrected chi connectivity index (χ4v) is 1.43. The second kappa shape index (κ2) is 6.86. The molecule has 0 aliphatic carbocycles. The second-order valence-electron chi connectivity index (χ2n) is 6.26. The molecule has 8 heteroatoms. The van der Waals surface area contributed by atoms with Crippen molar-refractivity contribution in [2.75, 3.05) is 7.11 Å². The minimum absolute atomic E-state index is 0.605. The van der Waals surface area contributed by atoms with Crippen LogP contribution in [0.3, 0.4) is 0 Å². The first-order valence-corrected chi connectivity index (χ1v) is 6.45. The zero-order valence-electron chi connectivity index (χ0n) is 13.4. The van der Waals surface area contributed by atoms with Gasteiger partial charge in [-0.3, -0.25) is 9.59 Å². The average Bonchev–Trinajstić information content (AvgIpc) is 2.29. The minimum atomic E-state index is -1.38. The standard InChI is InChI=1S/C13H25N3O5/c1-12(2,3)21-11(19)16-8(7(14)10(18)20-6)9(17)13(4,5)15/h7-8H,14-15H2,1-6H3,(H,16,19). The zero-order valence-corrected chi connectivity index (χ0v) is 13.4. The van der Waals surface area contributed by atoms with Crippen LogP contribution in [0.25, 0.3) is 0 Å². The van der Waals surface area contributed by atoms with Crippen molar-refractivity contribution in [3.63, 3.8) is 0 Å². The molecule has 122 valence electrons. The summed E-state index contributed by atoms with van der Waals surface area (Å²) in [7, 11) is 1.13. The summed E-state index contributed by atoms with van der Waals surface area (Å²) in [4.78, 5) is 35.5. The first-order chi connectivity index (χ1) is 9.29. The molecule has 0 aromatic rings. The average molecular weight is 303 g/mol. The molecular formula is C13H25N3O5. The monoisotopic (exact) mass is 303 g/mol. The summed E-state index contributed by atoms with van der Waals surface area (Å²) in [5.41, 5.74) is 9.33. The van der Waals surface area contributed by atoms with Crippen LogP contribution in [-0.4, -0.2) is 48.2 Å². The number of ether oxygens (including phenoxy) is 2. The van der Waals surface area contributed by atoms with E-state index in [-0.39, 0.29) is 0 Å². The van der Waals surface area contributed by atoms with E-state index in [0.717, 1.165) is 7.11 Å². The maximum absolute atomic E-state index is 12.2. The number of hydrogen-bond acceptors (Lipinski definition) is 7. The van der Waals surface area contributed by atoms with E-state index in [1.165, 1.54) is 13.8 Å². The number of alkyl carbamates (subject to hydrolysis) is 1. The Morgan fingerprint density at radius 1 is 1.10 bits per heavy atom. The lowest BCUT2D eigenvalue weighted by molar-refractivity contribution is -0.145. The molecule has 0 aromatic carbocycles. The van der Waals surface area contributed by atoms with Gasteiger partial charge in [0.2, 0.25) is 0 Å². The summed E-state index contributed by atoms with van der Waals surface area (Å²) in [6.07, 6.45) is -0.871. The largest absolute Gasteiger partial charge is 0.468 e. The number of carbonyl (C=O) groups is 3. The third kappa shape index (κ3) is 6.54. The van der Waals surface area contributed by atoms with Crippen molar-refractivity contribution in [2.45, 2.75) is 57.8 Å². The first kappa shape index (κ1) is 19.3. The molecule has 0 rings (SSSR count). The zero-order chi connectivity index (χ0) is 17.0. The molecule has 2 unspecified atom stereocenters. The Bertz CT molecular complexity index is 409. The molecule has 0 heterocycles. The maximum Gasteiger partial charge on any atom is 0.408 e. The smallest absolute Gasteiger partial charge is 0.408 e. The number of methoxy groups -OCH3 is 1. The van der Waals surface area contributed by atoms with Gasteiger partial charge in [-0.25, -0.2) is 4.79 Å². The minimum Gasteiger partial charge on any atom is -0.468 e. The summed E-state index contributed by atoms with van der Waals surface area (Å²) >= 11 is 0. The molecule has 0 saturated heterocycles. The van der Waals surface area contributed by atoms with Gasteiger partial charge in [0.05, 0.1) is 12.6 Å². The molecule has 0 bridgehead atoms. The van der Waals surface area contributed by atoms with Crippen LogP contribution in [0.4, 0.5) is 4.79 Å². The van der Waals surface area contributed by atoms with Crippen LogP contribution in [0.1, 0.15) is 34.6 Å². The Hall–Kier alpha value is -1.67. The number of nitrogens with two attached hydrogens (primary N) is 2. The molecule has 8 nitrogen and oxygen atoms in total. The normalized spacial score (nSPS) is 14.9.